The molecule has 0 aromatic heterocycles. The Morgan fingerprint density at radius 1 is 0.950 bits per heavy atom. The van der Waals surface area contributed by atoms with E-state index in [1.165, 1.54) is 5.56 Å². The molecule has 0 heterocycles. The first-order valence-electron chi connectivity index (χ1n) is 7.15. The highest BCUT2D eigenvalue weighted by atomic mass is 16.5. The summed E-state index contributed by atoms with van der Waals surface area (Å²) in [6.45, 7) is 9.08. The van der Waals surface area contributed by atoms with Crippen LogP contribution >= 0.6 is 0 Å². The molecule has 0 aliphatic rings. The van der Waals surface area contributed by atoms with Gasteiger partial charge in [0, 0.05) is 0 Å². The second kappa shape index (κ2) is 8.95. The van der Waals surface area contributed by atoms with Crippen molar-refractivity contribution in [3.05, 3.63) is 29.8 Å². The van der Waals surface area contributed by atoms with E-state index in [1.54, 1.807) is 0 Å². The molecule has 0 spiro atoms. The third-order valence-corrected chi connectivity index (χ3v) is 2.62. The molecule has 20 heavy (non-hydrogen) atoms. The molecule has 0 saturated heterocycles. The minimum atomic E-state index is -0.106. The third-order valence-electron chi connectivity index (χ3n) is 2.62. The van der Waals surface area contributed by atoms with Crippen molar-refractivity contribution in [2.75, 3.05) is 33.0 Å². The minimum absolute atomic E-state index is 0.106. The molecule has 1 rings (SSSR count). The molecule has 0 aliphatic heterocycles. The SMILES string of the molecule is CC(C)(C)OCCOCCOc1ccc(CCN)cc1. The fraction of sp³-hybridized carbons (Fsp3) is 0.625. The van der Waals surface area contributed by atoms with Crippen LogP contribution in [0.15, 0.2) is 24.3 Å². The molecule has 0 saturated carbocycles. The van der Waals surface area contributed by atoms with Crippen molar-refractivity contribution in [2.24, 2.45) is 5.73 Å². The molecular formula is C16H27NO3. The quantitative estimate of drug-likeness (QED) is 0.706. The van der Waals surface area contributed by atoms with E-state index in [4.69, 9.17) is 19.9 Å². The number of hydrogen-bond donors (Lipinski definition) is 1. The lowest BCUT2D eigenvalue weighted by Gasteiger charge is -2.19. The molecule has 1 aromatic rings. The van der Waals surface area contributed by atoms with Gasteiger partial charge in [-0.1, -0.05) is 12.1 Å². The maximum absolute atomic E-state index is 5.59. The molecule has 1 aromatic carbocycles. The van der Waals surface area contributed by atoms with Crippen molar-refractivity contribution in [1.82, 2.24) is 0 Å². The fourth-order valence-corrected chi connectivity index (χ4v) is 1.65. The van der Waals surface area contributed by atoms with Crippen LogP contribution in [0.5, 0.6) is 5.75 Å². The summed E-state index contributed by atoms with van der Waals surface area (Å²) in [7, 11) is 0. The van der Waals surface area contributed by atoms with Gasteiger partial charge in [0.1, 0.15) is 12.4 Å². The monoisotopic (exact) mass is 281 g/mol. The van der Waals surface area contributed by atoms with Gasteiger partial charge in [0.15, 0.2) is 0 Å². The van der Waals surface area contributed by atoms with Crippen LogP contribution in [0.1, 0.15) is 26.3 Å². The van der Waals surface area contributed by atoms with E-state index >= 15 is 0 Å². The summed E-state index contributed by atoms with van der Waals surface area (Å²) in [5.41, 5.74) is 6.63. The summed E-state index contributed by atoms with van der Waals surface area (Å²) in [6.07, 6.45) is 0.900. The van der Waals surface area contributed by atoms with E-state index in [-0.39, 0.29) is 5.60 Å². The highest BCUT2D eigenvalue weighted by Gasteiger charge is 2.08. The van der Waals surface area contributed by atoms with Crippen LogP contribution in [0.2, 0.25) is 0 Å². The first kappa shape index (κ1) is 17.0. The summed E-state index contributed by atoms with van der Waals surface area (Å²) in [6, 6.07) is 8.02. The molecule has 0 atom stereocenters. The summed E-state index contributed by atoms with van der Waals surface area (Å²) >= 11 is 0. The highest BCUT2D eigenvalue weighted by molar-refractivity contribution is 5.27. The molecule has 0 fully saturated rings. The zero-order chi connectivity index (χ0) is 14.8. The average molecular weight is 281 g/mol. The fourth-order valence-electron chi connectivity index (χ4n) is 1.65. The topological polar surface area (TPSA) is 53.7 Å². The van der Waals surface area contributed by atoms with Gasteiger partial charge in [-0.2, -0.15) is 0 Å². The van der Waals surface area contributed by atoms with Crippen LogP contribution in [-0.4, -0.2) is 38.6 Å². The molecule has 0 aliphatic carbocycles. The standard InChI is InChI=1S/C16H27NO3/c1-16(2,3)20-13-11-18-10-12-19-15-6-4-14(5-7-15)8-9-17/h4-7H,8-13,17H2,1-3H3. The van der Waals surface area contributed by atoms with Crippen molar-refractivity contribution >= 4 is 0 Å². The summed E-state index contributed by atoms with van der Waals surface area (Å²) < 4.78 is 16.6. The maximum atomic E-state index is 5.59. The summed E-state index contributed by atoms with van der Waals surface area (Å²) in [5, 5.41) is 0. The molecule has 4 nitrogen and oxygen atoms in total. The second-order valence-electron chi connectivity index (χ2n) is 5.60. The lowest BCUT2D eigenvalue weighted by Crippen LogP contribution is -2.22. The number of nitrogens with two attached hydrogens (primary N) is 1. The van der Waals surface area contributed by atoms with Gasteiger partial charge >= 0.3 is 0 Å². The van der Waals surface area contributed by atoms with Gasteiger partial charge in [-0.05, 0) is 51.4 Å². The predicted octanol–water partition coefficient (Wildman–Crippen LogP) is 2.40. The van der Waals surface area contributed by atoms with Crippen molar-refractivity contribution in [2.45, 2.75) is 32.8 Å². The zero-order valence-electron chi connectivity index (χ0n) is 12.9. The Labute approximate surface area is 122 Å². The van der Waals surface area contributed by atoms with Crippen LogP contribution in [0.4, 0.5) is 0 Å². The van der Waals surface area contributed by atoms with Crippen molar-refractivity contribution in [3.63, 3.8) is 0 Å². The molecule has 0 bridgehead atoms. The predicted molar refractivity (Wildman–Crippen MR) is 81.2 cm³/mol. The average Bonchev–Trinajstić information content (AvgIpc) is 2.38. The van der Waals surface area contributed by atoms with Crippen LogP contribution in [0, 0.1) is 0 Å². The maximum Gasteiger partial charge on any atom is 0.119 e. The van der Waals surface area contributed by atoms with Crippen molar-refractivity contribution in [3.8, 4) is 5.75 Å². The molecule has 2 N–H and O–H groups in total. The number of hydrogen-bond acceptors (Lipinski definition) is 4. The van der Waals surface area contributed by atoms with Gasteiger partial charge in [-0.3, -0.25) is 0 Å². The molecule has 114 valence electrons. The number of ether oxygens (including phenoxy) is 3. The first-order chi connectivity index (χ1) is 9.51. The van der Waals surface area contributed by atoms with Crippen LogP contribution in [-0.2, 0) is 15.9 Å². The molecule has 4 heteroatoms. The molecular weight excluding hydrogens is 254 g/mol. The Bertz CT molecular complexity index is 357. The Morgan fingerprint density at radius 2 is 1.60 bits per heavy atom. The molecule has 0 radical (unpaired) electrons. The van der Waals surface area contributed by atoms with Crippen molar-refractivity contribution in [1.29, 1.82) is 0 Å². The normalized spacial score (nSPS) is 11.6. The first-order valence-corrected chi connectivity index (χ1v) is 7.15. The van der Waals surface area contributed by atoms with Gasteiger partial charge in [0.05, 0.1) is 25.4 Å². The third kappa shape index (κ3) is 8.15. The zero-order valence-corrected chi connectivity index (χ0v) is 12.9. The van der Waals surface area contributed by atoms with E-state index in [0.29, 0.717) is 33.0 Å². The van der Waals surface area contributed by atoms with E-state index < -0.39 is 0 Å². The smallest absolute Gasteiger partial charge is 0.119 e. The Morgan fingerprint density at radius 3 is 2.20 bits per heavy atom. The van der Waals surface area contributed by atoms with E-state index in [9.17, 15) is 0 Å². The van der Waals surface area contributed by atoms with Crippen LogP contribution in [0.3, 0.4) is 0 Å². The minimum Gasteiger partial charge on any atom is -0.491 e. The van der Waals surface area contributed by atoms with Crippen LogP contribution in [0.25, 0.3) is 0 Å². The van der Waals surface area contributed by atoms with Crippen LogP contribution < -0.4 is 10.5 Å². The lowest BCUT2D eigenvalue weighted by molar-refractivity contribution is -0.0375. The van der Waals surface area contributed by atoms with Crippen molar-refractivity contribution < 1.29 is 14.2 Å². The summed E-state index contributed by atoms with van der Waals surface area (Å²) in [5.74, 6) is 0.861. The Hall–Kier alpha value is -1.10. The Kier molecular flexibility index (Phi) is 7.59. The largest absolute Gasteiger partial charge is 0.491 e. The van der Waals surface area contributed by atoms with Gasteiger partial charge in [-0.15, -0.1) is 0 Å². The second-order valence-corrected chi connectivity index (χ2v) is 5.60. The highest BCUT2D eigenvalue weighted by Crippen LogP contribution is 2.12. The number of rotatable bonds is 9. The van der Waals surface area contributed by atoms with Gasteiger partial charge in [0.25, 0.3) is 0 Å². The summed E-state index contributed by atoms with van der Waals surface area (Å²) in [4.78, 5) is 0. The molecule has 0 amide bonds. The van der Waals surface area contributed by atoms with Gasteiger partial charge in [-0.25, -0.2) is 0 Å². The van der Waals surface area contributed by atoms with E-state index in [2.05, 4.69) is 0 Å². The number of benzene rings is 1. The lowest BCUT2D eigenvalue weighted by atomic mass is 10.1. The molecule has 0 unspecified atom stereocenters. The van der Waals surface area contributed by atoms with Gasteiger partial charge in [0.2, 0.25) is 0 Å². The van der Waals surface area contributed by atoms with E-state index in [0.717, 1.165) is 12.2 Å². The van der Waals surface area contributed by atoms with E-state index in [1.807, 2.05) is 45.0 Å². The Balaban J connectivity index is 2.06. The van der Waals surface area contributed by atoms with Gasteiger partial charge < -0.3 is 19.9 Å².